The van der Waals surface area contributed by atoms with E-state index in [0.717, 1.165) is 24.0 Å². The van der Waals surface area contributed by atoms with Gasteiger partial charge in [-0.05, 0) is 61.8 Å². The van der Waals surface area contributed by atoms with Crippen molar-refractivity contribution in [3.05, 3.63) is 27.7 Å². The fourth-order valence-corrected chi connectivity index (χ4v) is 5.12. The SMILES string of the molecule is Cc1cc(SCC(=O)N2CC3CCC(N)C3C2)c(C)cc1Br. The third-order valence-corrected chi connectivity index (χ3v) is 7.07. The molecule has 2 aliphatic rings. The van der Waals surface area contributed by atoms with Crippen molar-refractivity contribution in [1.29, 1.82) is 0 Å². The average Bonchev–Trinajstić information content (AvgIpc) is 3.04. The zero-order valence-corrected chi connectivity index (χ0v) is 15.5. The molecule has 1 aliphatic heterocycles. The summed E-state index contributed by atoms with van der Waals surface area (Å²) in [6, 6.07) is 4.58. The van der Waals surface area contributed by atoms with E-state index < -0.39 is 0 Å². The van der Waals surface area contributed by atoms with Crippen LogP contribution in [0.25, 0.3) is 0 Å². The number of rotatable bonds is 3. The van der Waals surface area contributed by atoms with Crippen LogP contribution in [0.1, 0.15) is 24.0 Å². The number of halogens is 1. The molecule has 3 nitrogen and oxygen atoms in total. The molecule has 0 spiro atoms. The molecule has 3 atom stereocenters. The molecule has 1 heterocycles. The molecule has 1 aromatic carbocycles. The molecule has 0 aromatic heterocycles. The van der Waals surface area contributed by atoms with Gasteiger partial charge in [0.25, 0.3) is 0 Å². The van der Waals surface area contributed by atoms with E-state index in [1.165, 1.54) is 22.4 Å². The molecular weight excluding hydrogens is 360 g/mol. The maximum Gasteiger partial charge on any atom is 0.232 e. The third kappa shape index (κ3) is 3.22. The predicted molar refractivity (Wildman–Crippen MR) is 95.1 cm³/mol. The number of nitrogens with two attached hydrogens (primary N) is 1. The van der Waals surface area contributed by atoms with E-state index in [4.69, 9.17) is 5.73 Å². The quantitative estimate of drug-likeness (QED) is 0.815. The van der Waals surface area contributed by atoms with Crippen LogP contribution in [0.15, 0.2) is 21.5 Å². The summed E-state index contributed by atoms with van der Waals surface area (Å²) in [5.41, 5.74) is 8.58. The average molecular weight is 383 g/mol. The van der Waals surface area contributed by atoms with Gasteiger partial charge in [0.05, 0.1) is 5.75 Å². The van der Waals surface area contributed by atoms with E-state index in [1.54, 1.807) is 11.8 Å². The number of amides is 1. The lowest BCUT2D eigenvalue weighted by molar-refractivity contribution is -0.127. The Morgan fingerprint density at radius 2 is 2.09 bits per heavy atom. The van der Waals surface area contributed by atoms with E-state index >= 15 is 0 Å². The highest BCUT2D eigenvalue weighted by atomic mass is 79.9. The fraction of sp³-hybridized carbons (Fsp3) is 0.588. The molecule has 1 saturated heterocycles. The Kier molecular flexibility index (Phi) is 4.86. The third-order valence-electron chi connectivity index (χ3n) is 5.07. The van der Waals surface area contributed by atoms with Crippen molar-refractivity contribution in [3.63, 3.8) is 0 Å². The maximum absolute atomic E-state index is 12.5. The molecule has 2 N–H and O–H groups in total. The van der Waals surface area contributed by atoms with Crippen LogP contribution < -0.4 is 5.73 Å². The Balaban J connectivity index is 1.58. The Labute approximate surface area is 145 Å². The Morgan fingerprint density at radius 3 is 2.82 bits per heavy atom. The summed E-state index contributed by atoms with van der Waals surface area (Å²) in [4.78, 5) is 15.7. The second kappa shape index (κ2) is 6.54. The lowest BCUT2D eigenvalue weighted by Gasteiger charge is -2.19. The summed E-state index contributed by atoms with van der Waals surface area (Å²) in [5.74, 6) is 1.95. The van der Waals surface area contributed by atoms with Crippen LogP contribution in [0.5, 0.6) is 0 Å². The van der Waals surface area contributed by atoms with Crippen molar-refractivity contribution in [1.82, 2.24) is 4.90 Å². The zero-order valence-electron chi connectivity index (χ0n) is 13.1. The minimum atomic E-state index is 0.256. The zero-order chi connectivity index (χ0) is 15.9. The lowest BCUT2D eigenvalue weighted by Crippen LogP contribution is -2.34. The molecule has 0 bridgehead atoms. The molecule has 120 valence electrons. The maximum atomic E-state index is 12.5. The van der Waals surface area contributed by atoms with Gasteiger partial charge >= 0.3 is 0 Å². The number of carbonyl (C=O) groups excluding carboxylic acids is 1. The highest BCUT2D eigenvalue weighted by Gasteiger charge is 2.42. The second-order valence-electron chi connectivity index (χ2n) is 6.62. The lowest BCUT2D eigenvalue weighted by atomic mass is 9.98. The van der Waals surface area contributed by atoms with Crippen molar-refractivity contribution in [2.75, 3.05) is 18.8 Å². The van der Waals surface area contributed by atoms with E-state index in [-0.39, 0.29) is 5.91 Å². The molecule has 1 aliphatic carbocycles. The molecule has 22 heavy (non-hydrogen) atoms. The first-order valence-corrected chi connectivity index (χ1v) is 9.66. The molecule has 1 aromatic rings. The summed E-state index contributed by atoms with van der Waals surface area (Å²) in [7, 11) is 0. The van der Waals surface area contributed by atoms with Crippen molar-refractivity contribution < 1.29 is 4.79 Å². The molecule has 3 unspecified atom stereocenters. The number of thioether (sulfide) groups is 1. The van der Waals surface area contributed by atoms with Gasteiger partial charge in [0.2, 0.25) is 5.91 Å². The van der Waals surface area contributed by atoms with E-state index in [1.807, 2.05) is 4.90 Å². The molecular formula is C17H23BrN2OS. The van der Waals surface area contributed by atoms with Gasteiger partial charge in [-0.15, -0.1) is 11.8 Å². The molecule has 2 fully saturated rings. The summed E-state index contributed by atoms with van der Waals surface area (Å²) in [6.45, 7) is 5.95. The monoisotopic (exact) mass is 382 g/mol. The number of nitrogens with zero attached hydrogens (tertiary/aromatic N) is 1. The van der Waals surface area contributed by atoms with Crippen molar-refractivity contribution >= 4 is 33.6 Å². The topological polar surface area (TPSA) is 46.3 Å². The number of benzene rings is 1. The van der Waals surface area contributed by atoms with Crippen LogP contribution in [0.2, 0.25) is 0 Å². The molecule has 0 radical (unpaired) electrons. The summed E-state index contributed by atoms with van der Waals surface area (Å²) in [6.07, 6.45) is 2.32. The van der Waals surface area contributed by atoms with E-state index in [0.29, 0.717) is 23.6 Å². The van der Waals surface area contributed by atoms with Gasteiger partial charge in [0.15, 0.2) is 0 Å². The van der Waals surface area contributed by atoms with Crippen LogP contribution in [-0.4, -0.2) is 35.7 Å². The van der Waals surface area contributed by atoms with E-state index in [2.05, 4.69) is 41.9 Å². The van der Waals surface area contributed by atoms with E-state index in [9.17, 15) is 4.79 Å². The minimum absolute atomic E-state index is 0.256. The Morgan fingerprint density at radius 1 is 1.32 bits per heavy atom. The Hall–Kier alpha value is -0.520. The highest BCUT2D eigenvalue weighted by molar-refractivity contribution is 9.10. The number of carbonyl (C=O) groups is 1. The van der Waals surface area contributed by atoms with Gasteiger partial charge in [0, 0.05) is 28.5 Å². The Bertz CT molecular complexity index is 592. The number of hydrogen-bond donors (Lipinski definition) is 1. The van der Waals surface area contributed by atoms with Gasteiger partial charge < -0.3 is 10.6 Å². The van der Waals surface area contributed by atoms with Gasteiger partial charge in [0.1, 0.15) is 0 Å². The highest BCUT2D eigenvalue weighted by Crippen LogP contribution is 2.37. The van der Waals surface area contributed by atoms with Crippen LogP contribution in [0.4, 0.5) is 0 Å². The van der Waals surface area contributed by atoms with Crippen LogP contribution in [-0.2, 0) is 4.79 Å². The van der Waals surface area contributed by atoms with Gasteiger partial charge in [-0.3, -0.25) is 4.79 Å². The summed E-state index contributed by atoms with van der Waals surface area (Å²) >= 11 is 5.20. The smallest absolute Gasteiger partial charge is 0.232 e. The number of hydrogen-bond acceptors (Lipinski definition) is 3. The first-order chi connectivity index (χ1) is 10.5. The van der Waals surface area contributed by atoms with Crippen molar-refractivity contribution in [2.24, 2.45) is 17.6 Å². The van der Waals surface area contributed by atoms with Crippen LogP contribution >= 0.6 is 27.7 Å². The summed E-state index contributed by atoms with van der Waals surface area (Å²) < 4.78 is 1.13. The normalized spacial score (nSPS) is 27.3. The van der Waals surface area contributed by atoms with Crippen molar-refractivity contribution in [2.45, 2.75) is 37.6 Å². The van der Waals surface area contributed by atoms with Gasteiger partial charge in [-0.25, -0.2) is 0 Å². The standard InChI is InChI=1S/C17H23BrN2OS/c1-10-6-16(11(2)5-14(10)18)22-9-17(21)20-7-12-3-4-15(19)13(12)8-20/h5-6,12-13,15H,3-4,7-9,19H2,1-2H3. The number of fused-ring (bicyclic) bond motifs is 1. The molecule has 1 amide bonds. The van der Waals surface area contributed by atoms with Crippen LogP contribution in [0.3, 0.4) is 0 Å². The minimum Gasteiger partial charge on any atom is -0.341 e. The largest absolute Gasteiger partial charge is 0.341 e. The predicted octanol–water partition coefficient (Wildman–Crippen LogP) is 3.35. The summed E-state index contributed by atoms with van der Waals surface area (Å²) in [5, 5.41) is 0. The van der Waals surface area contributed by atoms with Gasteiger partial charge in [-0.1, -0.05) is 15.9 Å². The molecule has 1 saturated carbocycles. The fourth-order valence-electron chi connectivity index (χ4n) is 3.65. The first-order valence-electron chi connectivity index (χ1n) is 7.88. The molecule has 5 heteroatoms. The first kappa shape index (κ1) is 16.3. The van der Waals surface area contributed by atoms with Crippen molar-refractivity contribution in [3.8, 4) is 0 Å². The van der Waals surface area contributed by atoms with Gasteiger partial charge in [-0.2, -0.15) is 0 Å². The number of likely N-dealkylation sites (tertiary alicyclic amines) is 1. The van der Waals surface area contributed by atoms with Crippen LogP contribution in [0, 0.1) is 25.7 Å². The number of aryl methyl sites for hydroxylation is 2. The molecule has 3 rings (SSSR count). The second-order valence-corrected chi connectivity index (χ2v) is 8.49.